The highest BCUT2D eigenvalue weighted by molar-refractivity contribution is 5.90. The highest BCUT2D eigenvalue weighted by Crippen LogP contribution is 2.40. The highest BCUT2D eigenvalue weighted by atomic mass is 16.6. The number of amides is 1. The molecule has 0 saturated heterocycles. The van der Waals surface area contributed by atoms with E-state index in [1.54, 1.807) is 12.0 Å². The van der Waals surface area contributed by atoms with E-state index in [1.165, 1.54) is 5.56 Å². The van der Waals surface area contributed by atoms with E-state index in [0.717, 1.165) is 30.7 Å². The number of anilines is 1. The van der Waals surface area contributed by atoms with E-state index in [0.29, 0.717) is 12.5 Å². The van der Waals surface area contributed by atoms with E-state index in [-0.39, 0.29) is 6.09 Å². The minimum Gasteiger partial charge on any atom is -0.497 e. The first-order valence-electron chi connectivity index (χ1n) is 8.04. The molecule has 4 heteroatoms. The largest absolute Gasteiger partial charge is 0.497 e. The minimum absolute atomic E-state index is 0.281. The standard InChI is InChI=1S/C18H27NO3/c1-6-7-13-10-11-19(17(20)22-18(2,3)4)16-12-14(21-5)8-9-15(13)16/h8-9,12-13H,6-7,10-11H2,1-5H3. The van der Waals surface area contributed by atoms with Crippen LogP contribution < -0.4 is 9.64 Å². The van der Waals surface area contributed by atoms with E-state index >= 15 is 0 Å². The summed E-state index contributed by atoms with van der Waals surface area (Å²) in [4.78, 5) is 14.2. The van der Waals surface area contributed by atoms with Crippen LogP contribution in [0.5, 0.6) is 5.75 Å². The normalized spacial score (nSPS) is 17.9. The topological polar surface area (TPSA) is 38.8 Å². The molecule has 1 aromatic carbocycles. The molecule has 1 atom stereocenters. The lowest BCUT2D eigenvalue weighted by Gasteiger charge is -2.35. The summed E-state index contributed by atoms with van der Waals surface area (Å²) in [6, 6.07) is 6.01. The Morgan fingerprint density at radius 3 is 2.68 bits per heavy atom. The maximum absolute atomic E-state index is 12.5. The van der Waals surface area contributed by atoms with Crippen molar-refractivity contribution >= 4 is 11.8 Å². The van der Waals surface area contributed by atoms with E-state index in [2.05, 4.69) is 13.0 Å². The van der Waals surface area contributed by atoms with Gasteiger partial charge < -0.3 is 9.47 Å². The molecule has 0 aromatic heterocycles. The van der Waals surface area contributed by atoms with Gasteiger partial charge in [-0.2, -0.15) is 0 Å². The van der Waals surface area contributed by atoms with Crippen LogP contribution in [0.25, 0.3) is 0 Å². The van der Waals surface area contributed by atoms with Crippen molar-refractivity contribution in [1.29, 1.82) is 0 Å². The fourth-order valence-electron chi connectivity index (χ4n) is 2.95. The van der Waals surface area contributed by atoms with E-state index < -0.39 is 5.60 Å². The second-order valence-electron chi connectivity index (χ2n) is 6.83. The maximum Gasteiger partial charge on any atom is 0.414 e. The van der Waals surface area contributed by atoms with Crippen LogP contribution in [0.2, 0.25) is 0 Å². The molecular weight excluding hydrogens is 278 g/mol. The Hall–Kier alpha value is -1.71. The third-order valence-corrected chi connectivity index (χ3v) is 3.92. The molecule has 1 aliphatic heterocycles. The minimum atomic E-state index is -0.490. The Balaban J connectivity index is 2.34. The van der Waals surface area contributed by atoms with Gasteiger partial charge in [-0.15, -0.1) is 0 Å². The van der Waals surface area contributed by atoms with Gasteiger partial charge >= 0.3 is 6.09 Å². The fourth-order valence-corrected chi connectivity index (χ4v) is 2.95. The first kappa shape index (κ1) is 16.7. The number of fused-ring (bicyclic) bond motifs is 1. The quantitative estimate of drug-likeness (QED) is 0.810. The van der Waals surface area contributed by atoms with Crippen LogP contribution in [0.3, 0.4) is 0 Å². The number of carbonyl (C=O) groups excluding carboxylic acids is 1. The summed E-state index contributed by atoms with van der Waals surface area (Å²) in [6.07, 6.45) is 2.98. The van der Waals surface area contributed by atoms with Crippen LogP contribution in [-0.4, -0.2) is 25.3 Å². The van der Waals surface area contributed by atoms with Crippen molar-refractivity contribution in [3.05, 3.63) is 23.8 Å². The molecule has 4 nitrogen and oxygen atoms in total. The van der Waals surface area contributed by atoms with Crippen LogP contribution in [0, 0.1) is 0 Å². The van der Waals surface area contributed by atoms with E-state index in [1.807, 2.05) is 32.9 Å². The average Bonchev–Trinajstić information content (AvgIpc) is 2.45. The SMILES string of the molecule is CCCC1CCN(C(=O)OC(C)(C)C)c2cc(OC)ccc21. The summed E-state index contributed by atoms with van der Waals surface area (Å²) in [5.74, 6) is 1.27. The smallest absolute Gasteiger partial charge is 0.414 e. The third-order valence-electron chi connectivity index (χ3n) is 3.92. The van der Waals surface area contributed by atoms with Gasteiger partial charge in [0.05, 0.1) is 12.8 Å². The highest BCUT2D eigenvalue weighted by Gasteiger charge is 2.31. The van der Waals surface area contributed by atoms with Gasteiger partial charge in [-0.05, 0) is 51.2 Å². The summed E-state index contributed by atoms with van der Waals surface area (Å²) in [6.45, 7) is 8.56. The zero-order valence-corrected chi connectivity index (χ0v) is 14.3. The Morgan fingerprint density at radius 1 is 1.36 bits per heavy atom. The molecule has 2 rings (SSSR count). The number of benzene rings is 1. The van der Waals surface area contributed by atoms with Crippen LogP contribution in [0.4, 0.5) is 10.5 Å². The lowest BCUT2D eigenvalue weighted by atomic mass is 9.86. The van der Waals surface area contributed by atoms with E-state index in [4.69, 9.17) is 9.47 Å². The van der Waals surface area contributed by atoms with Crippen molar-refractivity contribution in [2.45, 2.75) is 58.5 Å². The van der Waals surface area contributed by atoms with Gasteiger partial charge in [0, 0.05) is 12.6 Å². The molecule has 1 unspecified atom stereocenters. The number of hydrogen-bond acceptors (Lipinski definition) is 3. The molecule has 1 amide bonds. The summed E-state index contributed by atoms with van der Waals surface area (Å²) >= 11 is 0. The molecular formula is C18H27NO3. The van der Waals surface area contributed by atoms with Crippen molar-refractivity contribution in [2.75, 3.05) is 18.6 Å². The Labute approximate surface area is 133 Å². The molecule has 0 fully saturated rings. The maximum atomic E-state index is 12.5. The average molecular weight is 305 g/mol. The van der Waals surface area contributed by atoms with Crippen LogP contribution in [-0.2, 0) is 4.74 Å². The van der Waals surface area contributed by atoms with Crippen molar-refractivity contribution in [1.82, 2.24) is 0 Å². The van der Waals surface area contributed by atoms with Gasteiger partial charge in [0.2, 0.25) is 0 Å². The van der Waals surface area contributed by atoms with Crippen LogP contribution >= 0.6 is 0 Å². The van der Waals surface area contributed by atoms with Gasteiger partial charge in [-0.25, -0.2) is 4.79 Å². The summed E-state index contributed by atoms with van der Waals surface area (Å²) in [5.41, 5.74) is 1.66. The summed E-state index contributed by atoms with van der Waals surface area (Å²) in [5, 5.41) is 0. The molecule has 0 aliphatic carbocycles. The second kappa shape index (κ2) is 6.59. The van der Waals surface area contributed by atoms with Crippen molar-refractivity contribution in [2.24, 2.45) is 0 Å². The molecule has 122 valence electrons. The Bertz CT molecular complexity index is 534. The van der Waals surface area contributed by atoms with Crippen LogP contribution in [0.15, 0.2) is 18.2 Å². The van der Waals surface area contributed by atoms with Gasteiger partial charge in [-0.3, -0.25) is 4.90 Å². The van der Waals surface area contributed by atoms with Gasteiger partial charge in [-0.1, -0.05) is 19.4 Å². The molecule has 1 aliphatic rings. The lowest BCUT2D eigenvalue weighted by Crippen LogP contribution is -2.40. The fraction of sp³-hybridized carbons (Fsp3) is 0.611. The zero-order chi connectivity index (χ0) is 16.3. The molecule has 0 spiro atoms. The molecule has 1 heterocycles. The summed E-state index contributed by atoms with van der Waals surface area (Å²) in [7, 11) is 1.64. The monoisotopic (exact) mass is 305 g/mol. The van der Waals surface area contributed by atoms with Gasteiger partial charge in [0.1, 0.15) is 11.4 Å². The first-order valence-corrected chi connectivity index (χ1v) is 8.04. The molecule has 1 aromatic rings. The Kier molecular flexibility index (Phi) is 4.99. The molecule has 0 bridgehead atoms. The van der Waals surface area contributed by atoms with Gasteiger partial charge in [0.25, 0.3) is 0 Å². The molecule has 22 heavy (non-hydrogen) atoms. The zero-order valence-electron chi connectivity index (χ0n) is 14.3. The van der Waals surface area contributed by atoms with Crippen molar-refractivity contribution < 1.29 is 14.3 Å². The Morgan fingerprint density at radius 2 is 2.09 bits per heavy atom. The lowest BCUT2D eigenvalue weighted by molar-refractivity contribution is 0.0576. The summed E-state index contributed by atoms with van der Waals surface area (Å²) < 4.78 is 10.9. The predicted molar refractivity (Wildman–Crippen MR) is 88.8 cm³/mol. The van der Waals surface area contributed by atoms with Crippen LogP contribution in [0.1, 0.15) is 58.4 Å². The third kappa shape index (κ3) is 3.73. The number of ether oxygens (including phenoxy) is 2. The van der Waals surface area contributed by atoms with Crippen molar-refractivity contribution in [3.63, 3.8) is 0 Å². The number of rotatable bonds is 3. The number of nitrogens with zero attached hydrogens (tertiary/aromatic N) is 1. The predicted octanol–water partition coefficient (Wildman–Crippen LogP) is 4.72. The number of methoxy groups -OCH3 is 1. The first-order chi connectivity index (χ1) is 10.4. The molecule has 0 saturated carbocycles. The van der Waals surface area contributed by atoms with E-state index in [9.17, 15) is 4.79 Å². The second-order valence-corrected chi connectivity index (χ2v) is 6.83. The molecule has 0 N–H and O–H groups in total. The number of carbonyl (C=O) groups is 1. The number of hydrogen-bond donors (Lipinski definition) is 0. The molecule has 0 radical (unpaired) electrons. The van der Waals surface area contributed by atoms with Gasteiger partial charge in [0.15, 0.2) is 0 Å². The van der Waals surface area contributed by atoms with Crippen molar-refractivity contribution in [3.8, 4) is 5.75 Å².